The average Bonchev–Trinajstić information content (AvgIpc) is 3.62. The maximum atomic E-state index is 12.6. The molecule has 7 heteroatoms. The van der Waals surface area contributed by atoms with Gasteiger partial charge in [-0.1, -0.05) is 102 Å². The van der Waals surface area contributed by atoms with Gasteiger partial charge in [0.2, 0.25) is 5.88 Å². The van der Waals surface area contributed by atoms with Gasteiger partial charge >= 0.3 is 0 Å². The Balaban J connectivity index is 1.45. The summed E-state index contributed by atoms with van der Waals surface area (Å²) in [6, 6.07) is 25.8. The van der Waals surface area contributed by atoms with Gasteiger partial charge in [-0.15, -0.1) is 0 Å². The predicted octanol–water partition coefficient (Wildman–Crippen LogP) is 9.62. The summed E-state index contributed by atoms with van der Waals surface area (Å²) in [5.41, 5.74) is 5.90. The molecule has 1 fully saturated rings. The van der Waals surface area contributed by atoms with Crippen LogP contribution >= 0.6 is 0 Å². The quantitative estimate of drug-likeness (QED) is 0.164. The molecule has 3 N–H and O–H groups in total. The van der Waals surface area contributed by atoms with Crippen LogP contribution in [0, 0.1) is 0 Å². The fourth-order valence-electron chi connectivity index (χ4n) is 9.44. The summed E-state index contributed by atoms with van der Waals surface area (Å²) in [6.45, 7) is 14.0. The van der Waals surface area contributed by atoms with Crippen LogP contribution in [0.2, 0.25) is 16.6 Å². The molecule has 2 atom stereocenters. The topological polar surface area (TPSA) is 84.1 Å². The number of rotatable bonds is 8. The molecule has 1 spiro atoms. The van der Waals surface area contributed by atoms with E-state index in [1.54, 1.807) is 4.57 Å². The minimum atomic E-state index is -2.23. The Labute approximate surface area is 285 Å². The largest absolute Gasteiger partial charge is 0.543 e. The third kappa shape index (κ3) is 4.92. The zero-order chi connectivity index (χ0) is 34.0. The van der Waals surface area contributed by atoms with Gasteiger partial charge in [0.25, 0.3) is 8.32 Å². The fourth-order valence-corrected chi connectivity index (χ4v) is 14.7. The number of fused-ring (bicyclic) bond motifs is 5. The summed E-state index contributed by atoms with van der Waals surface area (Å²) < 4.78 is 15.8. The molecule has 3 aromatic carbocycles. The number of aromatic nitrogens is 1. The number of aliphatic hydroxyl groups is 1. The van der Waals surface area contributed by atoms with Gasteiger partial charge in [0.05, 0.1) is 18.2 Å². The highest BCUT2D eigenvalue weighted by Crippen LogP contribution is 2.62. The van der Waals surface area contributed by atoms with Crippen molar-refractivity contribution in [1.29, 1.82) is 0 Å². The third-order valence-electron chi connectivity index (χ3n) is 11.4. The van der Waals surface area contributed by atoms with E-state index in [1.807, 2.05) is 78.9 Å². The third-order valence-corrected chi connectivity index (χ3v) is 17.4. The lowest BCUT2D eigenvalue weighted by Gasteiger charge is -2.45. The molecule has 0 amide bonds. The van der Waals surface area contributed by atoms with Gasteiger partial charge in [0.1, 0.15) is 17.1 Å². The number of aromatic hydroxyl groups is 2. The van der Waals surface area contributed by atoms with Crippen molar-refractivity contribution < 1.29 is 24.5 Å². The second kappa shape index (κ2) is 12.2. The van der Waals surface area contributed by atoms with E-state index in [0.717, 1.165) is 59.3 Å². The average molecular weight is 664 g/mol. The maximum Gasteiger partial charge on any atom is 0.258 e. The van der Waals surface area contributed by atoms with Crippen molar-refractivity contribution in [2.75, 3.05) is 0 Å². The number of hydrogen-bond donors (Lipinski definition) is 3. The van der Waals surface area contributed by atoms with Crippen LogP contribution in [-0.4, -0.2) is 39.9 Å². The Morgan fingerprint density at radius 2 is 1.44 bits per heavy atom. The number of ether oxygens (including phenoxy) is 1. The lowest BCUT2D eigenvalue weighted by atomic mass is 9.67. The first-order valence-corrected chi connectivity index (χ1v) is 19.8. The van der Waals surface area contributed by atoms with Crippen LogP contribution in [0.3, 0.4) is 0 Å². The number of hydrogen-bond acceptors (Lipinski definition) is 5. The zero-order valence-corrected chi connectivity index (χ0v) is 30.0. The van der Waals surface area contributed by atoms with Crippen molar-refractivity contribution in [3.05, 3.63) is 107 Å². The molecule has 1 aromatic heterocycles. The van der Waals surface area contributed by atoms with Crippen molar-refractivity contribution in [2.24, 2.45) is 0 Å². The maximum absolute atomic E-state index is 12.6. The Kier molecular flexibility index (Phi) is 8.27. The van der Waals surface area contributed by atoms with E-state index >= 15 is 0 Å². The first kappa shape index (κ1) is 32.6. The molecule has 0 bridgehead atoms. The van der Waals surface area contributed by atoms with Crippen LogP contribution < -0.4 is 9.16 Å². The smallest absolute Gasteiger partial charge is 0.258 e. The van der Waals surface area contributed by atoms with Gasteiger partial charge in [-0.2, -0.15) is 0 Å². The zero-order valence-electron chi connectivity index (χ0n) is 29.0. The monoisotopic (exact) mass is 663 g/mol. The Morgan fingerprint density at radius 3 is 2.04 bits per heavy atom. The standard InChI is InChI=1S/C41H49NO5Si/c1-25(2)48(26(3)4,27(5)6)47-30-19-20-31-32(23-30)46-41(21-13-14-22-41)37-34(31)38(43)33(29-17-11-8-12-18-29)35-36(37)40(45)42(39(35)44)24-28-15-9-7-10-16-28/h7-12,15-20,23,25-27,33,38,43-45H,13-14,21-22,24H2,1-6H3/t33-,38+/m1/s1. The summed E-state index contributed by atoms with van der Waals surface area (Å²) in [7, 11) is -2.23. The molecule has 0 unspecified atom stereocenters. The van der Waals surface area contributed by atoms with Crippen LogP contribution in [0.5, 0.6) is 23.3 Å². The van der Waals surface area contributed by atoms with E-state index in [-0.39, 0.29) is 11.8 Å². The Morgan fingerprint density at radius 1 is 0.833 bits per heavy atom. The molecule has 7 rings (SSSR count). The van der Waals surface area contributed by atoms with Gasteiger partial charge < -0.3 is 24.5 Å². The SMILES string of the molecule is CC(C)[Si](Oc1ccc2c(c1)OC1(CCCC1)C1=C2[C@@H](O)[C@H](c2ccccc2)c2c1c(O)n(Cc1ccccc1)c2O)(C(C)C)C(C)C. The van der Waals surface area contributed by atoms with Gasteiger partial charge in [-0.25, -0.2) is 0 Å². The van der Waals surface area contributed by atoms with Crippen LogP contribution in [0.15, 0.2) is 78.9 Å². The van der Waals surface area contributed by atoms with Crippen molar-refractivity contribution >= 4 is 19.5 Å². The summed E-state index contributed by atoms with van der Waals surface area (Å²) in [4.78, 5) is 0. The summed E-state index contributed by atoms with van der Waals surface area (Å²) in [5, 5.41) is 36.7. The highest BCUT2D eigenvalue weighted by Gasteiger charge is 2.54. The normalized spacial score (nSPS) is 19.9. The molecule has 2 aliphatic carbocycles. The van der Waals surface area contributed by atoms with Crippen LogP contribution in [0.1, 0.15) is 101 Å². The molecule has 48 heavy (non-hydrogen) atoms. The Hall–Kier alpha value is -3.94. The van der Waals surface area contributed by atoms with E-state index < -0.39 is 25.9 Å². The molecule has 2 heterocycles. The van der Waals surface area contributed by atoms with Crippen LogP contribution in [0.4, 0.5) is 0 Å². The van der Waals surface area contributed by atoms with Crippen LogP contribution in [0.25, 0.3) is 11.1 Å². The minimum absolute atomic E-state index is 0.00606. The summed E-state index contributed by atoms with van der Waals surface area (Å²) >= 11 is 0. The predicted molar refractivity (Wildman–Crippen MR) is 194 cm³/mol. The second-order valence-electron chi connectivity index (χ2n) is 15.0. The lowest BCUT2D eigenvalue weighted by Crippen LogP contribution is -2.50. The van der Waals surface area contributed by atoms with E-state index in [4.69, 9.17) is 9.16 Å². The highest BCUT2D eigenvalue weighted by atomic mass is 28.4. The summed E-state index contributed by atoms with van der Waals surface area (Å²) in [6.07, 6.45) is 2.47. The van der Waals surface area contributed by atoms with E-state index in [1.165, 1.54) is 0 Å². The summed E-state index contributed by atoms with van der Waals surface area (Å²) in [5.74, 6) is 0.923. The van der Waals surface area contributed by atoms with Gasteiger partial charge in [-0.3, -0.25) is 4.57 Å². The minimum Gasteiger partial charge on any atom is -0.543 e. The van der Waals surface area contributed by atoms with Gasteiger partial charge in [-0.05, 0) is 65.6 Å². The molecule has 1 aliphatic heterocycles. The van der Waals surface area contributed by atoms with Crippen LogP contribution in [-0.2, 0) is 6.54 Å². The highest BCUT2D eigenvalue weighted by molar-refractivity contribution is 6.78. The van der Waals surface area contributed by atoms with E-state index in [2.05, 4.69) is 41.5 Å². The molecule has 6 nitrogen and oxygen atoms in total. The van der Waals surface area contributed by atoms with Crippen molar-refractivity contribution in [3.8, 4) is 23.3 Å². The van der Waals surface area contributed by atoms with Crippen molar-refractivity contribution in [1.82, 2.24) is 4.57 Å². The molecular formula is C41H49NO5Si. The lowest BCUT2D eigenvalue weighted by molar-refractivity contribution is 0.128. The van der Waals surface area contributed by atoms with Crippen molar-refractivity contribution in [2.45, 2.75) is 108 Å². The molecule has 4 aromatic rings. The molecule has 0 saturated heterocycles. The second-order valence-corrected chi connectivity index (χ2v) is 20.4. The molecule has 252 valence electrons. The molecular weight excluding hydrogens is 615 g/mol. The molecule has 1 saturated carbocycles. The first-order valence-electron chi connectivity index (χ1n) is 17.7. The van der Waals surface area contributed by atoms with E-state index in [9.17, 15) is 15.3 Å². The van der Waals surface area contributed by atoms with Gasteiger partial charge in [0, 0.05) is 34.3 Å². The molecule has 3 aliphatic rings. The van der Waals surface area contributed by atoms with E-state index in [0.29, 0.717) is 40.0 Å². The fraction of sp³-hybridized carbons (Fsp3) is 0.415. The van der Waals surface area contributed by atoms with Gasteiger partial charge in [0.15, 0.2) is 5.88 Å². The number of nitrogens with zero attached hydrogens (tertiary/aromatic N) is 1. The number of aliphatic hydroxyl groups excluding tert-OH is 1. The van der Waals surface area contributed by atoms with Crippen molar-refractivity contribution in [3.63, 3.8) is 0 Å². The Bertz CT molecular complexity index is 1810. The first-order chi connectivity index (χ1) is 23.0. The number of benzene rings is 3. The molecule has 0 radical (unpaired) electrons.